The maximum absolute atomic E-state index is 14.3. The van der Waals surface area contributed by atoms with Crippen molar-refractivity contribution in [2.75, 3.05) is 18.8 Å². The van der Waals surface area contributed by atoms with Gasteiger partial charge in [-0.15, -0.1) is 0 Å². The first-order valence-electron chi connectivity index (χ1n) is 11.0. The molecule has 8 nitrogen and oxygen atoms in total. The molecule has 1 fully saturated rings. The number of pyridine rings is 1. The summed E-state index contributed by atoms with van der Waals surface area (Å²) >= 11 is 1.29. The minimum absolute atomic E-state index is 0.111. The number of likely N-dealkylation sites (tertiary alicyclic amines) is 1. The molecule has 4 aromatic heterocycles. The SMILES string of the molecule is CC(=O)N1CCC(n2cc(-c3cnc(N)c4oc(-c5cc(F)cc6cnsc56)cc34)cn2)CC1. The van der Waals surface area contributed by atoms with Crippen LogP contribution in [0, 0.1) is 5.82 Å². The van der Waals surface area contributed by atoms with Crippen molar-refractivity contribution in [3.05, 3.63) is 48.8 Å². The largest absolute Gasteiger partial charge is 0.452 e. The van der Waals surface area contributed by atoms with Crippen molar-refractivity contribution in [3.63, 3.8) is 0 Å². The molecule has 6 rings (SSSR count). The van der Waals surface area contributed by atoms with Crippen LogP contribution < -0.4 is 5.73 Å². The molecule has 0 unspecified atom stereocenters. The van der Waals surface area contributed by atoms with E-state index in [1.807, 2.05) is 21.8 Å². The summed E-state index contributed by atoms with van der Waals surface area (Å²) in [5.41, 5.74) is 8.95. The molecule has 1 saturated heterocycles. The second kappa shape index (κ2) is 7.91. The Balaban J connectivity index is 1.39. The highest BCUT2D eigenvalue weighted by atomic mass is 32.1. The maximum atomic E-state index is 14.3. The number of aromatic nitrogens is 4. The Labute approximate surface area is 198 Å². The van der Waals surface area contributed by atoms with E-state index in [2.05, 4.69) is 14.5 Å². The lowest BCUT2D eigenvalue weighted by Gasteiger charge is -2.31. The summed E-state index contributed by atoms with van der Waals surface area (Å²) in [6.07, 6.45) is 8.88. The molecule has 1 aliphatic heterocycles. The number of nitrogens with two attached hydrogens (primary N) is 1. The Bertz CT molecular complexity index is 1550. The molecule has 2 N–H and O–H groups in total. The quantitative estimate of drug-likeness (QED) is 0.398. The van der Waals surface area contributed by atoms with Crippen LogP contribution in [0.15, 0.2) is 47.4 Å². The van der Waals surface area contributed by atoms with Gasteiger partial charge in [0, 0.05) is 66.1 Å². The zero-order valence-electron chi connectivity index (χ0n) is 18.4. The Hall–Kier alpha value is -3.79. The highest BCUT2D eigenvalue weighted by molar-refractivity contribution is 7.13. The first-order chi connectivity index (χ1) is 16.5. The number of piperidine rings is 1. The number of nitrogen functional groups attached to an aromatic ring is 1. The van der Waals surface area contributed by atoms with E-state index in [1.54, 1.807) is 25.5 Å². The second-order valence-electron chi connectivity index (χ2n) is 8.55. The van der Waals surface area contributed by atoms with E-state index in [4.69, 9.17) is 10.2 Å². The van der Waals surface area contributed by atoms with Crippen LogP contribution in [-0.4, -0.2) is 43.0 Å². The van der Waals surface area contributed by atoms with Crippen LogP contribution in [0.4, 0.5) is 10.2 Å². The predicted molar refractivity (Wildman–Crippen MR) is 129 cm³/mol. The average Bonchev–Trinajstić information content (AvgIpc) is 3.58. The predicted octanol–water partition coefficient (Wildman–Crippen LogP) is 4.87. The number of hydrogen-bond acceptors (Lipinski definition) is 7. The number of nitrogens with zero attached hydrogens (tertiary/aromatic N) is 5. The van der Waals surface area contributed by atoms with Crippen molar-refractivity contribution in [2.24, 2.45) is 0 Å². The van der Waals surface area contributed by atoms with Crippen molar-refractivity contribution >= 4 is 44.3 Å². The van der Waals surface area contributed by atoms with Crippen LogP contribution in [0.2, 0.25) is 0 Å². The molecule has 1 aliphatic rings. The van der Waals surface area contributed by atoms with E-state index in [1.165, 1.54) is 23.7 Å². The second-order valence-corrected chi connectivity index (χ2v) is 9.36. The van der Waals surface area contributed by atoms with Crippen molar-refractivity contribution in [3.8, 4) is 22.5 Å². The Morgan fingerprint density at radius 1 is 1.18 bits per heavy atom. The maximum Gasteiger partial charge on any atom is 0.219 e. The minimum Gasteiger partial charge on any atom is -0.452 e. The number of halogens is 1. The van der Waals surface area contributed by atoms with E-state index in [0.717, 1.165) is 52.5 Å². The van der Waals surface area contributed by atoms with Crippen LogP contribution >= 0.6 is 11.5 Å². The summed E-state index contributed by atoms with van der Waals surface area (Å²) in [4.78, 5) is 17.8. The van der Waals surface area contributed by atoms with Gasteiger partial charge in [-0.2, -0.15) is 9.47 Å². The fourth-order valence-electron chi connectivity index (χ4n) is 4.66. The average molecular weight is 477 g/mol. The van der Waals surface area contributed by atoms with Gasteiger partial charge in [0.25, 0.3) is 0 Å². The molecule has 0 radical (unpaired) electrons. The van der Waals surface area contributed by atoms with Gasteiger partial charge in [0.1, 0.15) is 11.6 Å². The molecule has 34 heavy (non-hydrogen) atoms. The molecule has 172 valence electrons. The molecule has 1 amide bonds. The number of fused-ring (bicyclic) bond motifs is 2. The first kappa shape index (κ1) is 20.8. The van der Waals surface area contributed by atoms with Gasteiger partial charge in [0.15, 0.2) is 11.4 Å². The van der Waals surface area contributed by atoms with Gasteiger partial charge >= 0.3 is 0 Å². The molecular formula is C24H21FN6O2S. The fraction of sp³-hybridized carbons (Fsp3) is 0.250. The van der Waals surface area contributed by atoms with Gasteiger partial charge in [-0.25, -0.2) is 9.37 Å². The van der Waals surface area contributed by atoms with Crippen LogP contribution in [0.5, 0.6) is 0 Å². The van der Waals surface area contributed by atoms with Gasteiger partial charge in [-0.3, -0.25) is 9.48 Å². The molecule has 10 heteroatoms. The highest BCUT2D eigenvalue weighted by Gasteiger charge is 2.23. The number of hydrogen-bond donors (Lipinski definition) is 1. The van der Waals surface area contributed by atoms with Crippen LogP contribution in [0.1, 0.15) is 25.8 Å². The molecule has 0 aliphatic carbocycles. The highest BCUT2D eigenvalue weighted by Crippen LogP contribution is 2.40. The lowest BCUT2D eigenvalue weighted by atomic mass is 10.0. The topological polar surface area (TPSA) is 103 Å². The zero-order valence-corrected chi connectivity index (χ0v) is 19.2. The van der Waals surface area contributed by atoms with Crippen molar-refractivity contribution in [2.45, 2.75) is 25.8 Å². The van der Waals surface area contributed by atoms with E-state index >= 15 is 0 Å². The summed E-state index contributed by atoms with van der Waals surface area (Å²) in [5.74, 6) is 0.533. The number of anilines is 1. The Morgan fingerprint density at radius 2 is 2.00 bits per heavy atom. The molecule has 0 spiro atoms. The monoisotopic (exact) mass is 476 g/mol. The standard InChI is InChI=1S/C24H21FN6O2S/c1-13(32)30-4-2-17(3-5-30)31-12-15(9-28-31)20-11-27-24(26)22-18(20)8-21(33-22)19-7-16(25)6-14-10-29-34-23(14)19/h6-12,17H,2-5H2,1H3,(H2,26,27). The van der Waals surface area contributed by atoms with Crippen molar-refractivity contribution in [1.29, 1.82) is 0 Å². The minimum atomic E-state index is -0.355. The molecule has 5 aromatic rings. The van der Waals surface area contributed by atoms with Crippen molar-refractivity contribution < 1.29 is 13.6 Å². The third-order valence-corrected chi connectivity index (χ3v) is 7.32. The third-order valence-electron chi connectivity index (χ3n) is 6.47. The van der Waals surface area contributed by atoms with Gasteiger partial charge in [-0.1, -0.05) is 0 Å². The molecule has 0 bridgehead atoms. The number of benzene rings is 1. The van der Waals surface area contributed by atoms with Gasteiger partial charge in [-0.05, 0) is 42.6 Å². The summed E-state index contributed by atoms with van der Waals surface area (Å²) in [6, 6.07) is 5.02. The fourth-order valence-corrected chi connectivity index (χ4v) is 5.41. The Kier molecular flexibility index (Phi) is 4.84. The molecule has 0 atom stereocenters. The number of amides is 1. The third kappa shape index (κ3) is 3.41. The zero-order chi connectivity index (χ0) is 23.4. The molecular weight excluding hydrogens is 455 g/mol. The van der Waals surface area contributed by atoms with Crippen LogP contribution in [0.3, 0.4) is 0 Å². The van der Waals surface area contributed by atoms with E-state index < -0.39 is 0 Å². The first-order valence-corrected chi connectivity index (χ1v) is 11.8. The number of carbonyl (C=O) groups is 1. The van der Waals surface area contributed by atoms with Gasteiger partial charge in [0.2, 0.25) is 5.91 Å². The smallest absolute Gasteiger partial charge is 0.219 e. The lowest BCUT2D eigenvalue weighted by molar-refractivity contribution is -0.130. The number of furan rings is 1. The van der Waals surface area contributed by atoms with E-state index in [9.17, 15) is 9.18 Å². The Morgan fingerprint density at radius 3 is 2.79 bits per heavy atom. The summed E-state index contributed by atoms with van der Waals surface area (Å²) in [7, 11) is 0. The van der Waals surface area contributed by atoms with Crippen LogP contribution in [-0.2, 0) is 4.79 Å². The summed E-state index contributed by atoms with van der Waals surface area (Å²) < 4.78 is 27.3. The van der Waals surface area contributed by atoms with E-state index in [-0.39, 0.29) is 23.6 Å². The summed E-state index contributed by atoms with van der Waals surface area (Å²) in [5, 5.41) is 6.11. The van der Waals surface area contributed by atoms with Gasteiger partial charge in [0.05, 0.1) is 16.9 Å². The normalized spacial score (nSPS) is 14.9. The van der Waals surface area contributed by atoms with Crippen molar-refractivity contribution in [1.82, 2.24) is 24.0 Å². The number of carbonyl (C=O) groups excluding carboxylic acids is 1. The summed E-state index contributed by atoms with van der Waals surface area (Å²) in [6.45, 7) is 3.07. The van der Waals surface area contributed by atoms with Crippen LogP contribution in [0.25, 0.3) is 43.5 Å². The number of rotatable bonds is 3. The molecule has 0 saturated carbocycles. The lowest BCUT2D eigenvalue weighted by Crippen LogP contribution is -2.37. The van der Waals surface area contributed by atoms with Gasteiger partial charge < -0.3 is 15.1 Å². The molecule has 1 aromatic carbocycles. The van der Waals surface area contributed by atoms with E-state index in [0.29, 0.717) is 16.9 Å². The molecule has 5 heterocycles.